The predicted molar refractivity (Wildman–Crippen MR) is 105 cm³/mol. The van der Waals surface area contributed by atoms with Crippen LogP contribution in [0.4, 0.5) is 10.5 Å². The summed E-state index contributed by atoms with van der Waals surface area (Å²) in [7, 11) is 1.65. The molecule has 6 heteroatoms. The number of nitrogens with one attached hydrogen (secondary N) is 1. The van der Waals surface area contributed by atoms with E-state index in [0.717, 1.165) is 43.5 Å². The SMILES string of the molecule is COc1ccc(C2CCCCCN2C(=O)c2ccc(NC(N)=O)cc2)cc1. The van der Waals surface area contributed by atoms with E-state index in [2.05, 4.69) is 5.32 Å². The molecule has 0 aromatic heterocycles. The number of anilines is 1. The van der Waals surface area contributed by atoms with Gasteiger partial charge in [0.15, 0.2) is 0 Å². The molecule has 1 saturated heterocycles. The third-order valence-corrected chi connectivity index (χ3v) is 4.91. The van der Waals surface area contributed by atoms with Crippen LogP contribution in [0.5, 0.6) is 5.75 Å². The highest BCUT2D eigenvalue weighted by Crippen LogP contribution is 2.32. The molecular formula is C21H25N3O3. The van der Waals surface area contributed by atoms with Crippen LogP contribution in [0.2, 0.25) is 0 Å². The van der Waals surface area contributed by atoms with Crippen LogP contribution in [0.25, 0.3) is 0 Å². The number of carbonyl (C=O) groups excluding carboxylic acids is 2. The number of amides is 3. The molecule has 1 aliphatic rings. The van der Waals surface area contributed by atoms with Gasteiger partial charge < -0.3 is 20.7 Å². The second-order valence-corrected chi connectivity index (χ2v) is 6.70. The van der Waals surface area contributed by atoms with Gasteiger partial charge in [-0.2, -0.15) is 0 Å². The Morgan fingerprint density at radius 1 is 1.04 bits per heavy atom. The molecule has 0 bridgehead atoms. The number of nitrogens with two attached hydrogens (primary N) is 1. The smallest absolute Gasteiger partial charge is 0.316 e. The van der Waals surface area contributed by atoms with Gasteiger partial charge >= 0.3 is 6.03 Å². The van der Waals surface area contributed by atoms with Crippen molar-refractivity contribution >= 4 is 17.6 Å². The first-order chi connectivity index (χ1) is 13.1. The van der Waals surface area contributed by atoms with E-state index >= 15 is 0 Å². The summed E-state index contributed by atoms with van der Waals surface area (Å²) in [5, 5.41) is 2.51. The van der Waals surface area contributed by atoms with Crippen molar-refractivity contribution in [1.82, 2.24) is 4.90 Å². The van der Waals surface area contributed by atoms with Crippen molar-refractivity contribution < 1.29 is 14.3 Å². The molecule has 27 heavy (non-hydrogen) atoms. The number of rotatable bonds is 4. The van der Waals surface area contributed by atoms with Gasteiger partial charge in [-0.1, -0.05) is 25.0 Å². The van der Waals surface area contributed by atoms with Crippen LogP contribution in [-0.2, 0) is 0 Å². The van der Waals surface area contributed by atoms with Crippen molar-refractivity contribution in [3.05, 3.63) is 59.7 Å². The molecule has 1 atom stereocenters. The van der Waals surface area contributed by atoms with E-state index in [4.69, 9.17) is 10.5 Å². The number of nitrogens with zero attached hydrogens (tertiary/aromatic N) is 1. The fourth-order valence-corrected chi connectivity index (χ4v) is 3.53. The van der Waals surface area contributed by atoms with E-state index in [1.54, 1.807) is 31.4 Å². The molecule has 0 aliphatic carbocycles. The van der Waals surface area contributed by atoms with Crippen molar-refractivity contribution in [3.8, 4) is 5.75 Å². The lowest BCUT2D eigenvalue weighted by molar-refractivity contribution is 0.0681. The number of likely N-dealkylation sites (tertiary alicyclic amines) is 1. The number of ether oxygens (including phenoxy) is 1. The van der Waals surface area contributed by atoms with Gasteiger partial charge in [0, 0.05) is 17.8 Å². The Labute approximate surface area is 159 Å². The van der Waals surface area contributed by atoms with Gasteiger partial charge in [0.25, 0.3) is 5.91 Å². The van der Waals surface area contributed by atoms with Gasteiger partial charge in [-0.05, 0) is 54.8 Å². The Morgan fingerprint density at radius 3 is 2.37 bits per heavy atom. The van der Waals surface area contributed by atoms with Crippen LogP contribution in [0.15, 0.2) is 48.5 Å². The largest absolute Gasteiger partial charge is 0.497 e. The van der Waals surface area contributed by atoms with Gasteiger partial charge in [0.1, 0.15) is 5.75 Å². The first-order valence-electron chi connectivity index (χ1n) is 9.20. The van der Waals surface area contributed by atoms with Gasteiger partial charge in [-0.25, -0.2) is 4.79 Å². The molecule has 6 nitrogen and oxygen atoms in total. The Kier molecular flexibility index (Phi) is 5.96. The van der Waals surface area contributed by atoms with Gasteiger partial charge in [-0.3, -0.25) is 4.79 Å². The highest BCUT2D eigenvalue weighted by Gasteiger charge is 2.27. The minimum atomic E-state index is -0.624. The molecule has 1 aliphatic heterocycles. The Morgan fingerprint density at radius 2 is 1.74 bits per heavy atom. The van der Waals surface area contributed by atoms with Crippen molar-refractivity contribution in [2.75, 3.05) is 19.0 Å². The zero-order valence-corrected chi connectivity index (χ0v) is 15.5. The summed E-state index contributed by atoms with van der Waals surface area (Å²) in [6.07, 6.45) is 4.17. The quantitative estimate of drug-likeness (QED) is 0.858. The normalized spacial score (nSPS) is 17.1. The minimum absolute atomic E-state index is 0.00310. The van der Waals surface area contributed by atoms with Crippen molar-refractivity contribution in [2.24, 2.45) is 5.73 Å². The van der Waals surface area contributed by atoms with E-state index in [9.17, 15) is 9.59 Å². The summed E-state index contributed by atoms with van der Waals surface area (Å²) in [6.45, 7) is 0.733. The molecule has 3 N–H and O–H groups in total. The second kappa shape index (κ2) is 8.58. The molecule has 3 amide bonds. The lowest BCUT2D eigenvalue weighted by atomic mass is 10.00. The van der Waals surface area contributed by atoms with E-state index in [1.807, 2.05) is 29.2 Å². The predicted octanol–water partition coefficient (Wildman–Crippen LogP) is 3.94. The lowest BCUT2D eigenvalue weighted by Crippen LogP contribution is -2.34. The fourth-order valence-electron chi connectivity index (χ4n) is 3.53. The molecule has 2 aromatic carbocycles. The van der Waals surface area contributed by atoms with Crippen LogP contribution in [0, 0.1) is 0 Å². The molecule has 1 heterocycles. The fraction of sp³-hybridized carbons (Fsp3) is 0.333. The number of hydrogen-bond acceptors (Lipinski definition) is 3. The van der Waals surface area contributed by atoms with Crippen LogP contribution in [-0.4, -0.2) is 30.5 Å². The average Bonchev–Trinajstić information content (AvgIpc) is 2.94. The van der Waals surface area contributed by atoms with Gasteiger partial charge in [0.2, 0.25) is 0 Å². The van der Waals surface area contributed by atoms with Crippen molar-refractivity contribution in [1.29, 1.82) is 0 Å². The standard InChI is InChI=1S/C21H25N3O3/c1-27-18-12-8-15(9-13-18)19-5-3-2-4-14-24(19)20(25)16-6-10-17(11-7-16)23-21(22)26/h6-13,19H,2-5,14H2,1H3,(H3,22,23,26). The van der Waals surface area contributed by atoms with Crippen molar-refractivity contribution in [3.63, 3.8) is 0 Å². The Hall–Kier alpha value is -3.02. The van der Waals surface area contributed by atoms with Gasteiger partial charge in [0.05, 0.1) is 13.2 Å². The molecule has 0 saturated carbocycles. The minimum Gasteiger partial charge on any atom is -0.497 e. The highest BCUT2D eigenvalue weighted by atomic mass is 16.5. The molecular weight excluding hydrogens is 342 g/mol. The van der Waals surface area contributed by atoms with Crippen molar-refractivity contribution in [2.45, 2.75) is 31.7 Å². The van der Waals surface area contributed by atoms with E-state index in [-0.39, 0.29) is 11.9 Å². The number of primary amides is 1. The molecule has 0 radical (unpaired) electrons. The summed E-state index contributed by atoms with van der Waals surface area (Å²) in [6, 6.07) is 14.2. The Balaban J connectivity index is 1.83. The third kappa shape index (κ3) is 4.58. The zero-order valence-electron chi connectivity index (χ0n) is 15.5. The highest BCUT2D eigenvalue weighted by molar-refractivity contribution is 5.95. The summed E-state index contributed by atoms with van der Waals surface area (Å²) in [5.74, 6) is 0.811. The third-order valence-electron chi connectivity index (χ3n) is 4.91. The first kappa shape index (κ1) is 18.8. The number of methoxy groups -OCH3 is 1. The topological polar surface area (TPSA) is 84.7 Å². The molecule has 0 spiro atoms. The molecule has 3 rings (SSSR count). The average molecular weight is 367 g/mol. The van der Waals surface area contributed by atoms with Crippen LogP contribution in [0.3, 0.4) is 0 Å². The Bertz CT molecular complexity index is 787. The van der Waals surface area contributed by atoms with E-state index in [0.29, 0.717) is 11.3 Å². The number of carbonyl (C=O) groups is 2. The molecule has 2 aromatic rings. The number of benzene rings is 2. The molecule has 1 unspecified atom stereocenters. The zero-order chi connectivity index (χ0) is 19.2. The van der Waals surface area contributed by atoms with Crippen LogP contribution < -0.4 is 15.8 Å². The number of hydrogen-bond donors (Lipinski definition) is 2. The van der Waals surface area contributed by atoms with Crippen LogP contribution in [0.1, 0.15) is 47.6 Å². The summed E-state index contributed by atoms with van der Waals surface area (Å²) < 4.78 is 5.24. The summed E-state index contributed by atoms with van der Waals surface area (Å²) >= 11 is 0. The second-order valence-electron chi connectivity index (χ2n) is 6.70. The maximum atomic E-state index is 13.2. The maximum Gasteiger partial charge on any atom is 0.316 e. The van der Waals surface area contributed by atoms with E-state index < -0.39 is 6.03 Å². The number of urea groups is 1. The monoisotopic (exact) mass is 367 g/mol. The first-order valence-corrected chi connectivity index (χ1v) is 9.20. The lowest BCUT2D eigenvalue weighted by Gasteiger charge is -2.31. The summed E-state index contributed by atoms with van der Waals surface area (Å²) in [4.78, 5) is 26.1. The molecule has 142 valence electrons. The molecule has 1 fully saturated rings. The van der Waals surface area contributed by atoms with Crippen LogP contribution >= 0.6 is 0 Å². The van der Waals surface area contributed by atoms with E-state index in [1.165, 1.54) is 0 Å². The van der Waals surface area contributed by atoms with Gasteiger partial charge in [-0.15, -0.1) is 0 Å². The summed E-state index contributed by atoms with van der Waals surface area (Å²) in [5.41, 5.74) is 7.42. The maximum absolute atomic E-state index is 13.2.